The van der Waals surface area contributed by atoms with Crippen molar-refractivity contribution in [1.82, 2.24) is 5.43 Å². The summed E-state index contributed by atoms with van der Waals surface area (Å²) < 4.78 is 10.7. The summed E-state index contributed by atoms with van der Waals surface area (Å²) in [5.41, 5.74) is 7.88. The summed E-state index contributed by atoms with van der Waals surface area (Å²) >= 11 is 0. The summed E-state index contributed by atoms with van der Waals surface area (Å²) in [5, 5.41) is 27.6. The van der Waals surface area contributed by atoms with Gasteiger partial charge in [0.2, 0.25) is 0 Å². The quantitative estimate of drug-likeness (QED) is 0.266. The van der Waals surface area contributed by atoms with Gasteiger partial charge in [0.05, 0.1) is 31.3 Å². The highest BCUT2D eigenvalue weighted by Crippen LogP contribution is 2.27. The molecule has 0 heterocycles. The highest BCUT2D eigenvalue weighted by Gasteiger charge is 2.05. The van der Waals surface area contributed by atoms with Gasteiger partial charge in [-0.15, -0.1) is 0 Å². The van der Waals surface area contributed by atoms with Crippen molar-refractivity contribution in [2.24, 2.45) is 10.2 Å². The molecule has 9 heteroatoms. The maximum Gasteiger partial charge on any atom is 0.271 e. The van der Waals surface area contributed by atoms with Gasteiger partial charge >= 0.3 is 0 Å². The zero-order valence-electron chi connectivity index (χ0n) is 18.9. The van der Waals surface area contributed by atoms with Crippen LogP contribution in [0.2, 0.25) is 0 Å². The van der Waals surface area contributed by atoms with Crippen LogP contribution in [-0.4, -0.2) is 41.8 Å². The maximum atomic E-state index is 12.3. The lowest BCUT2D eigenvalue weighted by atomic mass is 10.2. The Morgan fingerprint density at radius 2 is 1.35 bits per heavy atom. The average Bonchev–Trinajstić information content (AvgIpc) is 2.84. The third-order valence-electron chi connectivity index (χ3n) is 4.50. The first kappa shape index (κ1) is 24.1. The van der Waals surface area contributed by atoms with Crippen LogP contribution in [0.1, 0.15) is 35.3 Å². The lowest BCUT2D eigenvalue weighted by molar-refractivity contribution is 0.0955. The van der Waals surface area contributed by atoms with E-state index in [-0.39, 0.29) is 17.4 Å². The molecular weight excluding hydrogens is 436 g/mol. The molecule has 0 aliphatic carbocycles. The molecule has 4 N–H and O–H groups in total. The van der Waals surface area contributed by atoms with Crippen molar-refractivity contribution in [1.29, 1.82) is 0 Å². The highest BCUT2D eigenvalue weighted by molar-refractivity contribution is 5.95. The van der Waals surface area contributed by atoms with Crippen LogP contribution in [0.3, 0.4) is 0 Å². The van der Waals surface area contributed by atoms with Crippen molar-refractivity contribution in [3.8, 4) is 23.0 Å². The molecule has 0 radical (unpaired) electrons. The molecule has 0 bridgehead atoms. The molecule has 0 atom stereocenters. The van der Waals surface area contributed by atoms with E-state index in [9.17, 15) is 15.0 Å². The number of rotatable bonds is 10. The van der Waals surface area contributed by atoms with Crippen LogP contribution in [0.25, 0.3) is 0 Å². The maximum absolute atomic E-state index is 12.3. The number of hydrazone groups is 2. The minimum Gasteiger partial charge on any atom is -0.504 e. The normalized spacial score (nSPS) is 11.0. The van der Waals surface area contributed by atoms with Crippen molar-refractivity contribution >= 4 is 24.0 Å². The Balaban J connectivity index is 1.54. The van der Waals surface area contributed by atoms with Crippen molar-refractivity contribution in [3.05, 3.63) is 77.4 Å². The molecule has 9 nitrogen and oxygen atoms in total. The average molecular weight is 463 g/mol. The number of hydrogen-bond acceptors (Lipinski definition) is 8. The molecule has 0 saturated carbocycles. The van der Waals surface area contributed by atoms with E-state index in [4.69, 9.17) is 9.47 Å². The van der Waals surface area contributed by atoms with Gasteiger partial charge in [-0.25, -0.2) is 5.43 Å². The van der Waals surface area contributed by atoms with Gasteiger partial charge in [-0.05, 0) is 85.6 Å². The van der Waals surface area contributed by atoms with E-state index in [1.165, 1.54) is 12.3 Å². The Kier molecular flexibility index (Phi) is 8.45. The van der Waals surface area contributed by atoms with E-state index < -0.39 is 0 Å². The minimum atomic E-state index is -0.373. The summed E-state index contributed by atoms with van der Waals surface area (Å²) in [7, 11) is 0. The van der Waals surface area contributed by atoms with Gasteiger partial charge in [-0.1, -0.05) is 0 Å². The van der Waals surface area contributed by atoms with Crippen molar-refractivity contribution < 1.29 is 24.5 Å². The summed E-state index contributed by atoms with van der Waals surface area (Å²) in [4.78, 5) is 12.3. The highest BCUT2D eigenvalue weighted by atomic mass is 16.5. The van der Waals surface area contributed by atoms with Crippen LogP contribution >= 0.6 is 0 Å². The fraction of sp³-hybridized carbons (Fsp3) is 0.160. The first-order valence-corrected chi connectivity index (χ1v) is 10.6. The van der Waals surface area contributed by atoms with E-state index in [2.05, 4.69) is 21.1 Å². The topological polar surface area (TPSA) is 125 Å². The summed E-state index contributed by atoms with van der Waals surface area (Å²) in [6.45, 7) is 4.53. The predicted octanol–water partition coefficient (Wildman–Crippen LogP) is 4.11. The molecule has 0 fully saturated rings. The largest absolute Gasteiger partial charge is 0.504 e. The van der Waals surface area contributed by atoms with Crippen molar-refractivity contribution in [2.45, 2.75) is 13.8 Å². The number of benzene rings is 3. The molecule has 0 saturated heterocycles. The second kappa shape index (κ2) is 11.9. The molecule has 1 amide bonds. The molecule has 3 rings (SSSR count). The molecule has 0 aliphatic heterocycles. The molecule has 3 aromatic carbocycles. The van der Waals surface area contributed by atoms with Crippen LogP contribution < -0.4 is 20.3 Å². The predicted molar refractivity (Wildman–Crippen MR) is 131 cm³/mol. The smallest absolute Gasteiger partial charge is 0.271 e. The van der Waals surface area contributed by atoms with E-state index in [1.807, 2.05) is 13.8 Å². The summed E-state index contributed by atoms with van der Waals surface area (Å²) in [5.74, 6) is 0.485. The minimum absolute atomic E-state index is 0.0411. The van der Waals surface area contributed by atoms with Crippen LogP contribution in [0, 0.1) is 0 Å². The van der Waals surface area contributed by atoms with Crippen molar-refractivity contribution in [2.75, 3.05) is 18.6 Å². The van der Waals surface area contributed by atoms with Crippen LogP contribution in [0.5, 0.6) is 23.0 Å². The number of amides is 1. The lowest BCUT2D eigenvalue weighted by Gasteiger charge is -2.06. The van der Waals surface area contributed by atoms with E-state index >= 15 is 0 Å². The first-order valence-electron chi connectivity index (χ1n) is 10.6. The third kappa shape index (κ3) is 6.73. The van der Waals surface area contributed by atoms with E-state index in [0.717, 1.165) is 5.56 Å². The Bertz CT molecular complexity index is 1180. The number of nitrogens with zero attached hydrogens (tertiary/aromatic N) is 2. The van der Waals surface area contributed by atoms with Crippen molar-refractivity contribution in [3.63, 3.8) is 0 Å². The zero-order valence-corrected chi connectivity index (χ0v) is 18.9. The molecular formula is C25H26N4O5. The molecule has 0 aliphatic rings. The van der Waals surface area contributed by atoms with Gasteiger partial charge < -0.3 is 19.7 Å². The Labute approximate surface area is 197 Å². The summed E-state index contributed by atoms with van der Waals surface area (Å²) in [6, 6.07) is 16.5. The number of aromatic hydroxyl groups is 2. The standard InChI is InChI=1S/C25H26N4O5/c1-3-33-23-13-17(5-11-21(23)30)15-26-28-20-9-7-19(8-10-20)25(32)29-27-16-18-6-12-22(31)24(14-18)34-4-2/h5-16,28,30-31H,3-4H2,1-2H3,(H,29,32)/b26-15+,27-16+. The SMILES string of the molecule is CCOc1cc(/C=N/NC(=O)c2ccc(N/N=C/c3ccc(O)c(OCC)c3)cc2)ccc1O. The van der Waals surface area contributed by atoms with Gasteiger partial charge in [0.15, 0.2) is 23.0 Å². The van der Waals surface area contributed by atoms with Gasteiger partial charge in [0, 0.05) is 5.56 Å². The Morgan fingerprint density at radius 3 is 1.88 bits per heavy atom. The lowest BCUT2D eigenvalue weighted by Crippen LogP contribution is -2.17. The number of carbonyl (C=O) groups is 1. The molecule has 34 heavy (non-hydrogen) atoms. The number of phenols is 2. The number of nitrogens with one attached hydrogen (secondary N) is 2. The molecule has 3 aromatic rings. The number of anilines is 1. The van der Waals surface area contributed by atoms with Gasteiger partial charge in [0.25, 0.3) is 5.91 Å². The Hall–Kier alpha value is -4.53. The number of phenolic OH excluding ortho intramolecular Hbond substituents is 2. The second-order valence-corrected chi connectivity index (χ2v) is 6.97. The zero-order chi connectivity index (χ0) is 24.3. The van der Waals surface area contributed by atoms with Crippen LogP contribution in [0.4, 0.5) is 5.69 Å². The van der Waals surface area contributed by atoms with Crippen LogP contribution in [0.15, 0.2) is 70.9 Å². The molecule has 0 spiro atoms. The fourth-order valence-electron chi connectivity index (χ4n) is 2.87. The third-order valence-corrected chi connectivity index (χ3v) is 4.50. The van der Waals surface area contributed by atoms with Gasteiger partial charge in [-0.2, -0.15) is 10.2 Å². The molecule has 176 valence electrons. The number of carbonyl (C=O) groups excluding carboxylic acids is 1. The fourth-order valence-corrected chi connectivity index (χ4v) is 2.87. The first-order chi connectivity index (χ1) is 16.5. The van der Waals surface area contributed by atoms with E-state index in [0.29, 0.717) is 41.5 Å². The van der Waals surface area contributed by atoms with E-state index in [1.54, 1.807) is 60.8 Å². The second-order valence-electron chi connectivity index (χ2n) is 6.97. The Morgan fingerprint density at radius 1 is 0.824 bits per heavy atom. The van der Waals surface area contributed by atoms with Crippen LogP contribution in [-0.2, 0) is 0 Å². The van der Waals surface area contributed by atoms with Gasteiger partial charge in [0.1, 0.15) is 0 Å². The van der Waals surface area contributed by atoms with Gasteiger partial charge in [-0.3, -0.25) is 10.2 Å². The monoisotopic (exact) mass is 462 g/mol. The molecule has 0 aromatic heterocycles. The number of hydrogen-bond donors (Lipinski definition) is 4. The molecule has 0 unspecified atom stereocenters. The number of ether oxygens (including phenoxy) is 2. The summed E-state index contributed by atoms with van der Waals surface area (Å²) in [6.07, 6.45) is 3.06.